The van der Waals surface area contributed by atoms with E-state index < -0.39 is 5.97 Å². The molecule has 0 radical (unpaired) electrons. The van der Waals surface area contributed by atoms with Crippen molar-refractivity contribution < 1.29 is 9.90 Å². The van der Waals surface area contributed by atoms with E-state index in [1.54, 1.807) is 11.8 Å². The van der Waals surface area contributed by atoms with Gasteiger partial charge < -0.3 is 5.11 Å². The third-order valence-corrected chi connectivity index (χ3v) is 3.59. The molecule has 0 aliphatic heterocycles. The van der Waals surface area contributed by atoms with E-state index in [-0.39, 0.29) is 4.75 Å². The SMILES string of the molecule is CSC1(CC(=O)O)CCC1. The zero-order valence-electron chi connectivity index (χ0n) is 6.09. The Kier molecular flexibility index (Phi) is 2.24. The average molecular weight is 160 g/mol. The van der Waals surface area contributed by atoms with Gasteiger partial charge in [0.25, 0.3) is 0 Å². The Morgan fingerprint density at radius 1 is 1.70 bits per heavy atom. The maximum absolute atomic E-state index is 10.4. The van der Waals surface area contributed by atoms with E-state index in [4.69, 9.17) is 5.11 Å². The lowest BCUT2D eigenvalue weighted by atomic mass is 9.82. The molecule has 58 valence electrons. The number of carboxylic acid groups (broad SMARTS) is 1. The molecule has 0 heterocycles. The van der Waals surface area contributed by atoms with E-state index in [0.29, 0.717) is 6.42 Å². The second-order valence-corrected chi connectivity index (χ2v) is 4.09. The summed E-state index contributed by atoms with van der Waals surface area (Å²) in [5, 5.41) is 8.53. The van der Waals surface area contributed by atoms with Crippen LogP contribution in [-0.4, -0.2) is 22.1 Å². The zero-order chi connectivity index (χ0) is 7.61. The maximum Gasteiger partial charge on any atom is 0.304 e. The Bertz CT molecular complexity index is 135. The van der Waals surface area contributed by atoms with Crippen LogP contribution in [0.5, 0.6) is 0 Å². The van der Waals surface area contributed by atoms with E-state index in [2.05, 4.69) is 0 Å². The lowest BCUT2D eigenvalue weighted by Crippen LogP contribution is -2.35. The zero-order valence-corrected chi connectivity index (χ0v) is 6.91. The normalized spacial score (nSPS) is 21.7. The third kappa shape index (κ3) is 1.45. The molecule has 0 aromatic rings. The Labute approximate surface area is 65.0 Å². The van der Waals surface area contributed by atoms with Crippen LogP contribution < -0.4 is 0 Å². The topological polar surface area (TPSA) is 37.3 Å². The molecule has 0 amide bonds. The standard InChI is InChI=1S/C7H12O2S/c1-10-7(3-2-4-7)5-6(8)9/h2-5H2,1H3,(H,8,9). The monoisotopic (exact) mass is 160 g/mol. The van der Waals surface area contributed by atoms with Gasteiger partial charge >= 0.3 is 5.97 Å². The van der Waals surface area contributed by atoms with E-state index >= 15 is 0 Å². The van der Waals surface area contributed by atoms with Crippen molar-refractivity contribution in [3.05, 3.63) is 0 Å². The molecule has 0 saturated heterocycles. The Morgan fingerprint density at radius 2 is 2.30 bits per heavy atom. The molecule has 1 saturated carbocycles. The second-order valence-electron chi connectivity index (χ2n) is 2.81. The first kappa shape index (κ1) is 7.92. The molecule has 1 aliphatic carbocycles. The lowest BCUT2D eigenvalue weighted by molar-refractivity contribution is -0.138. The predicted molar refractivity (Wildman–Crippen MR) is 42.3 cm³/mol. The van der Waals surface area contributed by atoms with Crippen LogP contribution in [0, 0.1) is 0 Å². The Hall–Kier alpha value is -0.180. The number of thioether (sulfide) groups is 1. The van der Waals surface area contributed by atoms with E-state index in [1.165, 1.54) is 6.42 Å². The molecular weight excluding hydrogens is 148 g/mol. The summed E-state index contributed by atoms with van der Waals surface area (Å²) in [5.74, 6) is -0.658. The van der Waals surface area contributed by atoms with Gasteiger partial charge in [-0.05, 0) is 19.1 Å². The molecular formula is C7H12O2S. The molecule has 3 heteroatoms. The molecule has 1 aliphatic rings. The van der Waals surface area contributed by atoms with E-state index in [9.17, 15) is 4.79 Å². The fraction of sp³-hybridized carbons (Fsp3) is 0.857. The first-order valence-electron chi connectivity index (χ1n) is 3.45. The summed E-state index contributed by atoms with van der Waals surface area (Å²) in [4.78, 5) is 10.4. The predicted octanol–water partition coefficient (Wildman–Crippen LogP) is 1.75. The van der Waals surface area contributed by atoms with Crippen molar-refractivity contribution in [1.29, 1.82) is 0 Å². The van der Waals surface area contributed by atoms with Gasteiger partial charge in [-0.15, -0.1) is 0 Å². The van der Waals surface area contributed by atoms with Gasteiger partial charge in [0, 0.05) is 4.75 Å². The van der Waals surface area contributed by atoms with Gasteiger partial charge in [-0.2, -0.15) is 11.8 Å². The molecule has 0 bridgehead atoms. The van der Waals surface area contributed by atoms with Gasteiger partial charge in [0.1, 0.15) is 0 Å². The van der Waals surface area contributed by atoms with Gasteiger partial charge in [0.15, 0.2) is 0 Å². The van der Waals surface area contributed by atoms with Crippen LogP contribution in [0.3, 0.4) is 0 Å². The minimum Gasteiger partial charge on any atom is -0.481 e. The average Bonchev–Trinajstić information content (AvgIpc) is 1.78. The first-order chi connectivity index (χ1) is 4.68. The summed E-state index contributed by atoms with van der Waals surface area (Å²) in [7, 11) is 0. The van der Waals surface area contributed by atoms with Crippen molar-refractivity contribution in [3.63, 3.8) is 0 Å². The van der Waals surface area contributed by atoms with Crippen LogP contribution in [0.1, 0.15) is 25.7 Å². The molecule has 0 spiro atoms. The quantitative estimate of drug-likeness (QED) is 0.683. The van der Waals surface area contributed by atoms with Crippen molar-refractivity contribution >= 4 is 17.7 Å². The second kappa shape index (κ2) is 2.82. The summed E-state index contributed by atoms with van der Waals surface area (Å²) in [6.45, 7) is 0. The van der Waals surface area contributed by atoms with Crippen LogP contribution in [0.25, 0.3) is 0 Å². The molecule has 10 heavy (non-hydrogen) atoms. The van der Waals surface area contributed by atoms with Crippen molar-refractivity contribution in [2.75, 3.05) is 6.26 Å². The van der Waals surface area contributed by atoms with Crippen molar-refractivity contribution in [2.24, 2.45) is 0 Å². The minimum absolute atomic E-state index is 0.103. The smallest absolute Gasteiger partial charge is 0.304 e. The van der Waals surface area contributed by atoms with E-state index in [0.717, 1.165) is 12.8 Å². The summed E-state index contributed by atoms with van der Waals surface area (Å²) >= 11 is 1.71. The highest BCUT2D eigenvalue weighted by Crippen LogP contribution is 2.45. The Balaban J connectivity index is 2.40. The summed E-state index contributed by atoms with van der Waals surface area (Å²) in [6.07, 6.45) is 5.71. The molecule has 0 aromatic carbocycles. The molecule has 1 fully saturated rings. The van der Waals surface area contributed by atoms with E-state index in [1.807, 2.05) is 6.26 Å². The van der Waals surface area contributed by atoms with Crippen LogP contribution in [0.4, 0.5) is 0 Å². The number of hydrogen-bond acceptors (Lipinski definition) is 2. The van der Waals surface area contributed by atoms with Gasteiger partial charge in [-0.3, -0.25) is 4.79 Å². The van der Waals surface area contributed by atoms with Gasteiger partial charge in [-0.1, -0.05) is 6.42 Å². The number of aliphatic carboxylic acids is 1. The molecule has 0 unspecified atom stereocenters. The van der Waals surface area contributed by atoms with Crippen LogP contribution >= 0.6 is 11.8 Å². The van der Waals surface area contributed by atoms with Crippen LogP contribution in [-0.2, 0) is 4.79 Å². The van der Waals surface area contributed by atoms with Crippen molar-refractivity contribution in [1.82, 2.24) is 0 Å². The summed E-state index contributed by atoms with van der Waals surface area (Å²) < 4.78 is 0.103. The third-order valence-electron chi connectivity index (χ3n) is 2.17. The highest BCUT2D eigenvalue weighted by Gasteiger charge is 2.37. The highest BCUT2D eigenvalue weighted by molar-refractivity contribution is 8.00. The maximum atomic E-state index is 10.4. The summed E-state index contributed by atoms with van der Waals surface area (Å²) in [5.41, 5.74) is 0. The number of rotatable bonds is 3. The fourth-order valence-electron chi connectivity index (χ4n) is 1.30. The van der Waals surface area contributed by atoms with Crippen molar-refractivity contribution in [3.8, 4) is 0 Å². The lowest BCUT2D eigenvalue weighted by Gasteiger charge is -2.38. The number of carboxylic acids is 1. The molecule has 2 nitrogen and oxygen atoms in total. The summed E-state index contributed by atoms with van der Waals surface area (Å²) in [6, 6.07) is 0. The molecule has 0 atom stereocenters. The first-order valence-corrected chi connectivity index (χ1v) is 4.68. The van der Waals surface area contributed by atoms with Crippen LogP contribution in [0.15, 0.2) is 0 Å². The molecule has 0 aromatic heterocycles. The highest BCUT2D eigenvalue weighted by atomic mass is 32.2. The van der Waals surface area contributed by atoms with Crippen molar-refractivity contribution in [2.45, 2.75) is 30.4 Å². The fourth-order valence-corrected chi connectivity index (χ4v) is 2.26. The number of hydrogen-bond donors (Lipinski definition) is 1. The Morgan fingerprint density at radius 3 is 2.40 bits per heavy atom. The van der Waals surface area contributed by atoms with Crippen LogP contribution in [0.2, 0.25) is 0 Å². The van der Waals surface area contributed by atoms with Gasteiger partial charge in [-0.25, -0.2) is 0 Å². The largest absolute Gasteiger partial charge is 0.481 e. The molecule has 1 rings (SSSR count). The molecule has 1 N–H and O–H groups in total. The minimum atomic E-state index is -0.658. The van der Waals surface area contributed by atoms with Gasteiger partial charge in [0.05, 0.1) is 6.42 Å². The van der Waals surface area contributed by atoms with Gasteiger partial charge in [0.2, 0.25) is 0 Å². The number of carbonyl (C=O) groups is 1.